The number of carbonyl (C=O) groups excluding carboxylic acids is 2. The fraction of sp³-hybridized carbons (Fsp3) is 0.375. The van der Waals surface area contributed by atoms with E-state index < -0.39 is 35.6 Å². The monoisotopic (exact) mass is 567 g/mol. The Balaban J connectivity index is 1.78. The Hall–Kier alpha value is -3.82. The number of nitrogens with zero attached hydrogens (tertiary/aromatic N) is 1. The maximum Gasteiger partial charge on any atom is 0.257 e. The van der Waals surface area contributed by atoms with Gasteiger partial charge in [0.15, 0.2) is 0 Å². The highest BCUT2D eigenvalue weighted by molar-refractivity contribution is 6.01. The van der Waals surface area contributed by atoms with Crippen LogP contribution in [0.15, 0.2) is 60.7 Å². The first-order chi connectivity index (χ1) is 19.5. The van der Waals surface area contributed by atoms with Gasteiger partial charge in [0.1, 0.15) is 17.4 Å². The van der Waals surface area contributed by atoms with Crippen LogP contribution in [0.3, 0.4) is 0 Å². The van der Waals surface area contributed by atoms with Crippen LogP contribution in [0.25, 0.3) is 0 Å². The van der Waals surface area contributed by atoms with Crippen molar-refractivity contribution in [1.29, 1.82) is 0 Å². The van der Waals surface area contributed by atoms with Crippen molar-refractivity contribution >= 4 is 11.8 Å². The van der Waals surface area contributed by atoms with Gasteiger partial charge in [-0.05, 0) is 65.8 Å². The van der Waals surface area contributed by atoms with Crippen LogP contribution in [-0.4, -0.2) is 59.2 Å². The Morgan fingerprint density at radius 2 is 1.63 bits per heavy atom. The van der Waals surface area contributed by atoms with Gasteiger partial charge in [0.05, 0.1) is 17.7 Å². The summed E-state index contributed by atoms with van der Waals surface area (Å²) in [4.78, 5) is 27.7. The second-order valence-electron chi connectivity index (χ2n) is 10.7. The molecule has 0 radical (unpaired) electrons. The molecular formula is C32H39F2N3O4. The van der Waals surface area contributed by atoms with E-state index >= 15 is 0 Å². The van der Waals surface area contributed by atoms with Gasteiger partial charge in [-0.2, -0.15) is 0 Å². The van der Waals surface area contributed by atoms with Gasteiger partial charge in [-0.25, -0.2) is 8.78 Å². The molecule has 220 valence electrons. The summed E-state index contributed by atoms with van der Waals surface area (Å²) in [6.07, 6.45) is -0.266. The number of halogens is 2. The molecule has 0 heterocycles. The van der Waals surface area contributed by atoms with Crippen LogP contribution in [0.4, 0.5) is 8.78 Å². The lowest BCUT2D eigenvalue weighted by molar-refractivity contribution is 0.0776. The van der Waals surface area contributed by atoms with Crippen LogP contribution in [0, 0.1) is 17.6 Å². The summed E-state index contributed by atoms with van der Waals surface area (Å²) in [5.74, 6) is -2.63. The zero-order chi connectivity index (χ0) is 30.1. The number of rotatable bonds is 13. The molecule has 0 bridgehead atoms. The number of nitrogens with one attached hydrogen (secondary N) is 2. The van der Waals surface area contributed by atoms with Gasteiger partial charge in [-0.3, -0.25) is 9.59 Å². The molecule has 41 heavy (non-hydrogen) atoms. The summed E-state index contributed by atoms with van der Waals surface area (Å²) < 4.78 is 27.8. The first kappa shape index (κ1) is 31.7. The molecule has 3 aromatic carbocycles. The number of aryl methyl sites for hydroxylation is 1. The van der Waals surface area contributed by atoms with Crippen molar-refractivity contribution in [3.63, 3.8) is 0 Å². The molecule has 0 spiro atoms. The maximum absolute atomic E-state index is 13.9. The molecule has 3 aromatic rings. The largest absolute Gasteiger partial charge is 0.507 e. The van der Waals surface area contributed by atoms with Gasteiger partial charge < -0.3 is 25.7 Å². The minimum Gasteiger partial charge on any atom is -0.507 e. The van der Waals surface area contributed by atoms with Crippen LogP contribution >= 0.6 is 0 Å². The average Bonchev–Trinajstić information content (AvgIpc) is 2.91. The average molecular weight is 568 g/mol. The summed E-state index contributed by atoms with van der Waals surface area (Å²) in [6.45, 7) is 7.02. The smallest absolute Gasteiger partial charge is 0.257 e. The second-order valence-corrected chi connectivity index (χ2v) is 10.7. The molecule has 0 aliphatic rings. The number of aliphatic hydroxyl groups is 1. The highest BCUT2D eigenvalue weighted by atomic mass is 19.1. The predicted octanol–water partition coefficient (Wildman–Crippen LogP) is 4.45. The number of hydrogen-bond acceptors (Lipinski definition) is 5. The van der Waals surface area contributed by atoms with Crippen LogP contribution in [0.2, 0.25) is 0 Å². The number of aromatic hydroxyl groups is 1. The number of phenolic OH excluding ortho intramolecular Hbond substituents is 1. The van der Waals surface area contributed by atoms with E-state index in [1.54, 1.807) is 7.05 Å². The number of hydrogen-bond donors (Lipinski definition) is 4. The van der Waals surface area contributed by atoms with E-state index in [0.29, 0.717) is 13.1 Å². The molecule has 0 aliphatic heterocycles. The molecule has 0 aliphatic carbocycles. The molecule has 0 fully saturated rings. The Morgan fingerprint density at radius 3 is 2.29 bits per heavy atom. The lowest BCUT2D eigenvalue weighted by Crippen LogP contribution is -2.48. The summed E-state index contributed by atoms with van der Waals surface area (Å²) in [5, 5.41) is 27.3. The van der Waals surface area contributed by atoms with E-state index in [4.69, 9.17) is 0 Å². The molecule has 7 nitrogen and oxygen atoms in total. The van der Waals surface area contributed by atoms with Gasteiger partial charge in [0.25, 0.3) is 11.8 Å². The first-order valence-corrected chi connectivity index (χ1v) is 13.8. The van der Waals surface area contributed by atoms with Gasteiger partial charge in [0, 0.05) is 38.3 Å². The fourth-order valence-corrected chi connectivity index (χ4v) is 4.67. The molecule has 2 amide bonds. The highest BCUT2D eigenvalue weighted by Gasteiger charge is 2.25. The first-order valence-electron chi connectivity index (χ1n) is 13.8. The van der Waals surface area contributed by atoms with Gasteiger partial charge in [-0.15, -0.1) is 0 Å². The number of carbonyl (C=O) groups is 2. The minimum atomic E-state index is -1.12. The third kappa shape index (κ3) is 9.37. The van der Waals surface area contributed by atoms with Crippen LogP contribution in [0.1, 0.15) is 58.2 Å². The van der Waals surface area contributed by atoms with Crippen LogP contribution < -0.4 is 10.6 Å². The molecule has 0 saturated heterocycles. The van der Waals surface area contributed by atoms with Crippen molar-refractivity contribution in [1.82, 2.24) is 15.5 Å². The number of aliphatic hydroxyl groups excluding tert-OH is 1. The third-order valence-corrected chi connectivity index (χ3v) is 6.72. The van der Waals surface area contributed by atoms with Crippen molar-refractivity contribution < 1.29 is 28.6 Å². The Bertz CT molecular complexity index is 1330. The normalized spacial score (nSPS) is 12.7. The summed E-state index contributed by atoms with van der Waals surface area (Å²) in [5.41, 5.74) is 2.55. The van der Waals surface area contributed by atoms with Crippen molar-refractivity contribution in [2.24, 2.45) is 5.92 Å². The van der Waals surface area contributed by atoms with Crippen LogP contribution in [0.5, 0.6) is 5.75 Å². The van der Waals surface area contributed by atoms with Gasteiger partial charge in [0.2, 0.25) is 0 Å². The van der Waals surface area contributed by atoms with Crippen molar-refractivity contribution in [2.75, 3.05) is 20.1 Å². The lowest BCUT2D eigenvalue weighted by Gasteiger charge is -2.25. The molecule has 3 rings (SSSR count). The summed E-state index contributed by atoms with van der Waals surface area (Å²) in [7, 11) is 1.62. The Kier molecular flexibility index (Phi) is 11.4. The van der Waals surface area contributed by atoms with Crippen LogP contribution in [-0.2, 0) is 19.4 Å². The van der Waals surface area contributed by atoms with Gasteiger partial charge in [-0.1, -0.05) is 45.0 Å². The van der Waals surface area contributed by atoms with E-state index in [1.807, 2.05) is 32.0 Å². The van der Waals surface area contributed by atoms with E-state index in [2.05, 4.69) is 23.6 Å². The summed E-state index contributed by atoms with van der Waals surface area (Å²) in [6, 6.07) is 14.1. The topological polar surface area (TPSA) is 102 Å². The molecule has 4 N–H and O–H groups in total. The standard InChI is InChI=1S/C32H39F2N3O4/c1-5-21-7-6-8-22(11-21)17-35-18-30(39)28(14-23-12-25(33)16-26(34)13-23)36-31(40)24-9-10-29(38)27(15-24)32(41)37(4)19-20(2)3/h6-13,15-16,20,28,30,35,38-39H,5,14,17-19H2,1-4H3,(H,36,40)/t28-,30+/m0/s1. The van der Waals surface area contributed by atoms with Crippen molar-refractivity contribution in [3.8, 4) is 5.75 Å². The van der Waals surface area contributed by atoms with E-state index in [1.165, 1.54) is 28.7 Å². The fourth-order valence-electron chi connectivity index (χ4n) is 4.67. The molecule has 9 heteroatoms. The zero-order valence-electron chi connectivity index (χ0n) is 24.0. The predicted molar refractivity (Wildman–Crippen MR) is 155 cm³/mol. The quantitative estimate of drug-likeness (QED) is 0.245. The molecule has 2 atom stereocenters. The second kappa shape index (κ2) is 14.7. The maximum atomic E-state index is 13.9. The number of benzene rings is 3. The Morgan fingerprint density at radius 1 is 0.951 bits per heavy atom. The highest BCUT2D eigenvalue weighted by Crippen LogP contribution is 2.21. The number of amides is 2. The molecular weight excluding hydrogens is 528 g/mol. The zero-order valence-corrected chi connectivity index (χ0v) is 24.0. The molecule has 0 saturated carbocycles. The minimum absolute atomic E-state index is 0.0268. The van der Waals surface area contributed by atoms with E-state index in [0.717, 1.165) is 30.2 Å². The third-order valence-electron chi connectivity index (χ3n) is 6.72. The summed E-state index contributed by atoms with van der Waals surface area (Å²) >= 11 is 0. The molecule has 0 aromatic heterocycles. The van der Waals surface area contributed by atoms with Crippen molar-refractivity contribution in [3.05, 3.63) is 100 Å². The Labute approximate surface area is 240 Å². The van der Waals surface area contributed by atoms with E-state index in [-0.39, 0.29) is 41.3 Å². The van der Waals surface area contributed by atoms with Gasteiger partial charge >= 0.3 is 0 Å². The van der Waals surface area contributed by atoms with E-state index in [9.17, 15) is 28.6 Å². The lowest BCUT2D eigenvalue weighted by atomic mass is 9.99. The van der Waals surface area contributed by atoms with Crippen molar-refractivity contribution in [2.45, 2.75) is 52.3 Å². The SMILES string of the molecule is CCc1cccc(CNC[C@@H](O)[C@H](Cc2cc(F)cc(F)c2)NC(=O)c2ccc(O)c(C(=O)N(C)CC(C)C)c2)c1. The number of phenols is 1. The molecule has 0 unspecified atom stereocenters.